The molecule has 0 atom stereocenters. The van der Waals surface area contributed by atoms with Crippen LogP contribution in [-0.2, 0) is 25.7 Å². The molecule has 4 aromatic heterocycles. The first-order valence-electron chi connectivity index (χ1n) is 13.1. The topological polar surface area (TPSA) is 63.2 Å². The molecule has 0 unspecified atom stereocenters. The molecule has 0 saturated heterocycles. The van der Waals surface area contributed by atoms with E-state index in [0.29, 0.717) is 0 Å². The lowest BCUT2D eigenvalue weighted by Crippen LogP contribution is -1.99. The van der Waals surface area contributed by atoms with Gasteiger partial charge in [-0.3, -0.25) is 0 Å². The summed E-state index contributed by atoms with van der Waals surface area (Å²) >= 11 is 0. The van der Waals surface area contributed by atoms with Crippen molar-refractivity contribution >= 4 is 0 Å². The molecule has 182 valence electrons. The van der Waals surface area contributed by atoms with Crippen LogP contribution in [0.5, 0.6) is 0 Å². The average Bonchev–Trinajstić information content (AvgIpc) is 3.56. The van der Waals surface area contributed by atoms with E-state index < -0.39 is 0 Å². The number of aryl methyl sites for hydroxylation is 3. The van der Waals surface area contributed by atoms with Crippen LogP contribution in [0, 0.1) is 27.7 Å². The molecule has 34 heavy (non-hydrogen) atoms. The molecule has 0 aliphatic carbocycles. The predicted octanol–water partition coefficient (Wildman–Crippen LogP) is 7.77. The van der Waals surface area contributed by atoms with E-state index in [1.54, 1.807) is 0 Å². The van der Waals surface area contributed by atoms with Gasteiger partial charge in [0.1, 0.15) is 0 Å². The first-order chi connectivity index (χ1) is 16.4. The minimum absolute atomic E-state index is 0.910. The molecule has 4 heteroatoms. The molecule has 0 aromatic carbocycles. The van der Waals surface area contributed by atoms with E-state index in [-0.39, 0.29) is 0 Å². The Labute approximate surface area is 205 Å². The predicted molar refractivity (Wildman–Crippen MR) is 144 cm³/mol. The van der Waals surface area contributed by atoms with E-state index in [0.717, 1.165) is 25.7 Å². The highest BCUT2D eigenvalue weighted by atomic mass is 14.8. The van der Waals surface area contributed by atoms with Gasteiger partial charge in [-0.05, 0) is 86.8 Å². The summed E-state index contributed by atoms with van der Waals surface area (Å²) in [5.41, 5.74) is 16.4. The summed E-state index contributed by atoms with van der Waals surface area (Å²) in [5.74, 6) is 0. The monoisotopic (exact) mass is 458 g/mol. The van der Waals surface area contributed by atoms with Crippen molar-refractivity contribution in [3.63, 3.8) is 0 Å². The van der Waals surface area contributed by atoms with Gasteiger partial charge >= 0.3 is 0 Å². The molecule has 0 amide bonds. The maximum absolute atomic E-state index is 3.62. The quantitative estimate of drug-likeness (QED) is 0.177. The highest BCUT2D eigenvalue weighted by Crippen LogP contribution is 2.34. The molecule has 0 aliphatic rings. The molecular formula is C30H42N4. The highest BCUT2D eigenvalue weighted by molar-refractivity contribution is 5.74. The Balaban J connectivity index is 1.62. The van der Waals surface area contributed by atoms with Crippen molar-refractivity contribution in [3.05, 3.63) is 80.9 Å². The SMILES string of the molecule is CCCCc1c(C)c[nH]c1Cc1[nH]cc(-c2c(C)c[nH]c2Cc2[nH]cc(C)c2CCCC)c1C. The Hall–Kier alpha value is -2.88. The van der Waals surface area contributed by atoms with Crippen LogP contribution in [0.15, 0.2) is 24.8 Å². The van der Waals surface area contributed by atoms with Crippen LogP contribution >= 0.6 is 0 Å². The number of hydrogen-bond acceptors (Lipinski definition) is 0. The lowest BCUT2D eigenvalue weighted by atomic mass is 9.95. The third kappa shape index (κ3) is 4.82. The third-order valence-corrected chi connectivity index (χ3v) is 7.55. The molecule has 4 N–H and O–H groups in total. The van der Waals surface area contributed by atoms with Crippen LogP contribution in [0.1, 0.15) is 95.7 Å². The number of aromatic nitrogens is 4. The summed E-state index contributed by atoms with van der Waals surface area (Å²) in [6.07, 6.45) is 17.8. The molecular weight excluding hydrogens is 416 g/mol. The normalized spacial score (nSPS) is 11.6. The van der Waals surface area contributed by atoms with Crippen molar-refractivity contribution in [2.45, 2.75) is 92.9 Å². The van der Waals surface area contributed by atoms with Gasteiger partial charge in [0.25, 0.3) is 0 Å². The fraction of sp³-hybridized carbons (Fsp3) is 0.467. The zero-order valence-corrected chi connectivity index (χ0v) is 22.0. The van der Waals surface area contributed by atoms with Gasteiger partial charge in [-0.15, -0.1) is 0 Å². The molecule has 0 fully saturated rings. The van der Waals surface area contributed by atoms with Gasteiger partial charge in [0.15, 0.2) is 0 Å². The van der Waals surface area contributed by atoms with Gasteiger partial charge in [-0.2, -0.15) is 0 Å². The molecule has 0 aliphatic heterocycles. The zero-order valence-electron chi connectivity index (χ0n) is 22.0. The van der Waals surface area contributed by atoms with E-state index in [9.17, 15) is 0 Å². The Morgan fingerprint density at radius 3 is 1.59 bits per heavy atom. The van der Waals surface area contributed by atoms with Crippen LogP contribution in [-0.4, -0.2) is 19.9 Å². The van der Waals surface area contributed by atoms with Gasteiger partial charge < -0.3 is 19.9 Å². The van der Waals surface area contributed by atoms with Crippen LogP contribution in [0.3, 0.4) is 0 Å². The molecule has 0 saturated carbocycles. The van der Waals surface area contributed by atoms with E-state index in [1.807, 2.05) is 0 Å². The number of nitrogens with one attached hydrogen (secondary N) is 4. The van der Waals surface area contributed by atoms with Crippen LogP contribution in [0.25, 0.3) is 11.1 Å². The van der Waals surface area contributed by atoms with Crippen molar-refractivity contribution in [1.29, 1.82) is 0 Å². The summed E-state index contributed by atoms with van der Waals surface area (Å²) < 4.78 is 0. The number of H-pyrrole nitrogens is 4. The number of hydrogen-bond donors (Lipinski definition) is 4. The second-order valence-corrected chi connectivity index (χ2v) is 10.0. The minimum atomic E-state index is 0.910. The second kappa shape index (κ2) is 10.6. The van der Waals surface area contributed by atoms with Gasteiger partial charge in [-0.25, -0.2) is 0 Å². The Morgan fingerprint density at radius 1 is 0.559 bits per heavy atom. The summed E-state index contributed by atoms with van der Waals surface area (Å²) in [6.45, 7) is 13.5. The molecule has 0 spiro atoms. The average molecular weight is 459 g/mol. The van der Waals surface area contributed by atoms with Crippen molar-refractivity contribution < 1.29 is 0 Å². The fourth-order valence-corrected chi connectivity index (χ4v) is 5.36. The van der Waals surface area contributed by atoms with Crippen molar-refractivity contribution in [2.75, 3.05) is 0 Å². The van der Waals surface area contributed by atoms with Crippen LogP contribution in [0.4, 0.5) is 0 Å². The molecule has 4 heterocycles. The standard InChI is InChI=1S/C30H42N4/c1-7-9-11-23-19(3)15-31-27(23)13-26-22(6)25(18-34-26)30-21(5)17-33-29(30)14-28-24(12-10-8-2)20(4)16-32-28/h15-18,31-34H,7-14H2,1-6H3. The first-order valence-corrected chi connectivity index (χ1v) is 13.1. The maximum Gasteiger partial charge on any atom is 0.0289 e. The largest absolute Gasteiger partial charge is 0.364 e. The molecule has 4 rings (SSSR count). The van der Waals surface area contributed by atoms with Crippen molar-refractivity contribution in [2.24, 2.45) is 0 Å². The minimum Gasteiger partial charge on any atom is -0.364 e. The Kier molecular flexibility index (Phi) is 7.55. The van der Waals surface area contributed by atoms with Crippen LogP contribution < -0.4 is 0 Å². The second-order valence-electron chi connectivity index (χ2n) is 10.0. The van der Waals surface area contributed by atoms with Gasteiger partial charge in [0, 0.05) is 71.5 Å². The van der Waals surface area contributed by atoms with Crippen molar-refractivity contribution in [3.8, 4) is 11.1 Å². The third-order valence-electron chi connectivity index (χ3n) is 7.55. The highest BCUT2D eigenvalue weighted by Gasteiger charge is 2.19. The van der Waals surface area contributed by atoms with E-state index in [1.165, 1.54) is 93.0 Å². The van der Waals surface area contributed by atoms with Crippen LogP contribution in [0.2, 0.25) is 0 Å². The zero-order chi connectivity index (χ0) is 24.2. The van der Waals surface area contributed by atoms with E-state index in [4.69, 9.17) is 0 Å². The summed E-state index contributed by atoms with van der Waals surface area (Å²) in [7, 11) is 0. The lowest BCUT2D eigenvalue weighted by Gasteiger charge is -2.09. The summed E-state index contributed by atoms with van der Waals surface area (Å²) in [6, 6.07) is 0. The molecule has 0 bridgehead atoms. The molecule has 4 aromatic rings. The lowest BCUT2D eigenvalue weighted by molar-refractivity contribution is 0.784. The number of rotatable bonds is 11. The van der Waals surface area contributed by atoms with E-state index in [2.05, 4.69) is 86.3 Å². The number of aromatic amines is 4. The smallest absolute Gasteiger partial charge is 0.0289 e. The fourth-order valence-electron chi connectivity index (χ4n) is 5.36. The molecule has 0 radical (unpaired) electrons. The van der Waals surface area contributed by atoms with Gasteiger partial charge in [-0.1, -0.05) is 26.7 Å². The first kappa shape index (κ1) is 24.3. The van der Waals surface area contributed by atoms with E-state index >= 15 is 0 Å². The maximum atomic E-state index is 3.62. The van der Waals surface area contributed by atoms with Crippen molar-refractivity contribution in [1.82, 2.24) is 19.9 Å². The van der Waals surface area contributed by atoms with Gasteiger partial charge in [0.05, 0.1) is 0 Å². The Bertz CT molecular complexity index is 1230. The van der Waals surface area contributed by atoms with Gasteiger partial charge in [0.2, 0.25) is 0 Å². The Morgan fingerprint density at radius 2 is 1.03 bits per heavy atom. The summed E-state index contributed by atoms with van der Waals surface area (Å²) in [4.78, 5) is 14.3. The summed E-state index contributed by atoms with van der Waals surface area (Å²) in [5, 5.41) is 0. The number of unbranched alkanes of at least 4 members (excludes halogenated alkanes) is 2. The molecule has 4 nitrogen and oxygen atoms in total.